The summed E-state index contributed by atoms with van der Waals surface area (Å²) in [7, 11) is 1.88. The SMILES string of the molecule is CNCc1cccc(OCCOc2ccc(F)c(F)c2)c1. The van der Waals surface area contributed by atoms with Crippen LogP contribution < -0.4 is 14.8 Å². The van der Waals surface area contributed by atoms with E-state index < -0.39 is 11.6 Å². The summed E-state index contributed by atoms with van der Waals surface area (Å²) < 4.78 is 36.6. The summed E-state index contributed by atoms with van der Waals surface area (Å²) in [5, 5.41) is 3.06. The number of benzene rings is 2. The molecule has 3 nitrogen and oxygen atoms in total. The van der Waals surface area contributed by atoms with Gasteiger partial charge in [0, 0.05) is 12.6 Å². The maximum Gasteiger partial charge on any atom is 0.162 e. The Kier molecular flexibility index (Phi) is 5.51. The molecule has 0 saturated heterocycles. The Bertz CT molecular complexity index is 590. The third kappa shape index (κ3) is 4.72. The Morgan fingerprint density at radius 2 is 1.62 bits per heavy atom. The fourth-order valence-electron chi connectivity index (χ4n) is 1.84. The van der Waals surface area contributed by atoms with Crippen molar-refractivity contribution in [2.75, 3.05) is 20.3 Å². The largest absolute Gasteiger partial charge is 0.490 e. The lowest BCUT2D eigenvalue weighted by molar-refractivity contribution is 0.216. The molecule has 0 fully saturated rings. The average molecular weight is 293 g/mol. The summed E-state index contributed by atoms with van der Waals surface area (Å²) in [4.78, 5) is 0. The third-order valence-electron chi connectivity index (χ3n) is 2.79. The van der Waals surface area contributed by atoms with Crippen LogP contribution in [-0.4, -0.2) is 20.3 Å². The predicted molar refractivity (Wildman–Crippen MR) is 76.6 cm³/mol. The van der Waals surface area contributed by atoms with E-state index in [1.165, 1.54) is 6.07 Å². The maximum atomic E-state index is 13.0. The van der Waals surface area contributed by atoms with E-state index in [9.17, 15) is 8.78 Å². The molecule has 0 heterocycles. The molecule has 0 amide bonds. The fraction of sp³-hybridized carbons (Fsp3) is 0.250. The van der Waals surface area contributed by atoms with E-state index >= 15 is 0 Å². The van der Waals surface area contributed by atoms with E-state index in [0.717, 1.165) is 30.0 Å². The Balaban J connectivity index is 1.79. The zero-order chi connectivity index (χ0) is 15.1. The van der Waals surface area contributed by atoms with Crippen molar-refractivity contribution in [1.82, 2.24) is 5.32 Å². The van der Waals surface area contributed by atoms with Gasteiger partial charge in [-0.3, -0.25) is 0 Å². The number of halogens is 2. The number of nitrogens with one attached hydrogen (secondary N) is 1. The Hall–Kier alpha value is -2.14. The van der Waals surface area contributed by atoms with Crippen molar-refractivity contribution >= 4 is 0 Å². The van der Waals surface area contributed by atoms with Crippen molar-refractivity contribution < 1.29 is 18.3 Å². The lowest BCUT2D eigenvalue weighted by atomic mass is 10.2. The molecule has 112 valence electrons. The molecule has 2 aromatic rings. The highest BCUT2D eigenvalue weighted by molar-refractivity contribution is 5.28. The molecule has 0 unspecified atom stereocenters. The van der Waals surface area contributed by atoms with Crippen molar-refractivity contribution in [3.05, 3.63) is 59.7 Å². The van der Waals surface area contributed by atoms with Crippen LogP contribution in [0.1, 0.15) is 5.56 Å². The monoisotopic (exact) mass is 293 g/mol. The molecule has 21 heavy (non-hydrogen) atoms. The Labute approximate surface area is 122 Å². The molecule has 0 aromatic heterocycles. The van der Waals surface area contributed by atoms with Gasteiger partial charge in [0.1, 0.15) is 24.7 Å². The van der Waals surface area contributed by atoms with Crippen LogP contribution in [0.3, 0.4) is 0 Å². The van der Waals surface area contributed by atoms with Crippen LogP contribution in [0.5, 0.6) is 11.5 Å². The molecule has 2 aromatic carbocycles. The summed E-state index contributed by atoms with van der Waals surface area (Å²) in [5.41, 5.74) is 1.12. The van der Waals surface area contributed by atoms with Crippen molar-refractivity contribution in [2.24, 2.45) is 0 Å². The van der Waals surface area contributed by atoms with Crippen molar-refractivity contribution in [3.8, 4) is 11.5 Å². The molecule has 5 heteroatoms. The Morgan fingerprint density at radius 3 is 2.29 bits per heavy atom. The number of rotatable bonds is 7. The van der Waals surface area contributed by atoms with E-state index in [1.54, 1.807) is 0 Å². The number of hydrogen-bond donors (Lipinski definition) is 1. The molecule has 1 N–H and O–H groups in total. The molecule has 0 aliphatic heterocycles. The van der Waals surface area contributed by atoms with Crippen LogP contribution in [0.4, 0.5) is 8.78 Å². The topological polar surface area (TPSA) is 30.5 Å². The van der Waals surface area contributed by atoms with Gasteiger partial charge in [0.2, 0.25) is 0 Å². The van der Waals surface area contributed by atoms with Crippen LogP contribution in [0.2, 0.25) is 0 Å². The second-order valence-electron chi connectivity index (χ2n) is 4.45. The smallest absolute Gasteiger partial charge is 0.162 e. The normalized spacial score (nSPS) is 10.4. The van der Waals surface area contributed by atoms with Crippen LogP contribution >= 0.6 is 0 Å². The summed E-state index contributed by atoms with van der Waals surface area (Å²) in [6, 6.07) is 11.1. The number of ether oxygens (including phenoxy) is 2. The van der Waals surface area contributed by atoms with Crippen molar-refractivity contribution in [3.63, 3.8) is 0 Å². The lowest BCUT2D eigenvalue weighted by Crippen LogP contribution is -2.10. The van der Waals surface area contributed by atoms with Gasteiger partial charge in [0.05, 0.1) is 0 Å². The summed E-state index contributed by atoms with van der Waals surface area (Å²) >= 11 is 0. The highest BCUT2D eigenvalue weighted by Gasteiger charge is 2.03. The zero-order valence-corrected chi connectivity index (χ0v) is 11.7. The lowest BCUT2D eigenvalue weighted by Gasteiger charge is -2.09. The van der Waals surface area contributed by atoms with Gasteiger partial charge >= 0.3 is 0 Å². The molecule has 0 spiro atoms. The highest BCUT2D eigenvalue weighted by Crippen LogP contribution is 2.16. The molecule has 0 radical (unpaired) electrons. The quantitative estimate of drug-likeness (QED) is 0.796. The second-order valence-corrected chi connectivity index (χ2v) is 4.45. The first-order chi connectivity index (χ1) is 10.2. The minimum absolute atomic E-state index is 0.251. The van der Waals surface area contributed by atoms with E-state index in [1.807, 2.05) is 31.3 Å². The van der Waals surface area contributed by atoms with Gasteiger partial charge in [-0.2, -0.15) is 0 Å². The third-order valence-corrected chi connectivity index (χ3v) is 2.79. The average Bonchev–Trinajstić information content (AvgIpc) is 2.48. The van der Waals surface area contributed by atoms with Gasteiger partial charge in [-0.05, 0) is 36.9 Å². The van der Waals surface area contributed by atoms with E-state index in [0.29, 0.717) is 6.61 Å². The van der Waals surface area contributed by atoms with Gasteiger partial charge in [0.15, 0.2) is 11.6 Å². The fourth-order valence-corrected chi connectivity index (χ4v) is 1.84. The van der Waals surface area contributed by atoms with Gasteiger partial charge in [0.25, 0.3) is 0 Å². The zero-order valence-electron chi connectivity index (χ0n) is 11.7. The minimum atomic E-state index is -0.923. The first-order valence-electron chi connectivity index (χ1n) is 6.63. The minimum Gasteiger partial charge on any atom is -0.490 e. The number of hydrogen-bond acceptors (Lipinski definition) is 3. The van der Waals surface area contributed by atoms with Crippen LogP contribution in [-0.2, 0) is 6.54 Å². The molecule has 0 aliphatic carbocycles. The first-order valence-corrected chi connectivity index (χ1v) is 6.63. The highest BCUT2D eigenvalue weighted by atomic mass is 19.2. The first kappa shape index (κ1) is 15.3. The molecular weight excluding hydrogens is 276 g/mol. The van der Waals surface area contributed by atoms with Crippen LogP contribution in [0, 0.1) is 11.6 Å². The van der Waals surface area contributed by atoms with Crippen LogP contribution in [0.15, 0.2) is 42.5 Å². The summed E-state index contributed by atoms with van der Waals surface area (Å²) in [5.74, 6) is -0.786. The van der Waals surface area contributed by atoms with Crippen LogP contribution in [0.25, 0.3) is 0 Å². The van der Waals surface area contributed by atoms with E-state index in [2.05, 4.69) is 5.32 Å². The Morgan fingerprint density at radius 1 is 0.905 bits per heavy atom. The molecule has 2 rings (SSSR count). The maximum absolute atomic E-state index is 13.0. The summed E-state index contributed by atoms with van der Waals surface area (Å²) in [6.45, 7) is 1.34. The van der Waals surface area contributed by atoms with Gasteiger partial charge in [-0.15, -0.1) is 0 Å². The molecule has 0 bridgehead atoms. The summed E-state index contributed by atoms with van der Waals surface area (Å²) in [6.07, 6.45) is 0. The molecule has 0 saturated carbocycles. The standard InChI is InChI=1S/C16H17F2NO2/c1-19-11-12-3-2-4-13(9-12)20-7-8-21-14-5-6-15(17)16(18)10-14/h2-6,9-10,19H,7-8,11H2,1H3. The van der Waals surface area contributed by atoms with Gasteiger partial charge in [-0.25, -0.2) is 8.78 Å². The van der Waals surface area contributed by atoms with E-state index in [-0.39, 0.29) is 12.4 Å². The molecular formula is C16H17F2NO2. The second kappa shape index (κ2) is 7.59. The van der Waals surface area contributed by atoms with Crippen molar-refractivity contribution in [2.45, 2.75) is 6.54 Å². The van der Waals surface area contributed by atoms with E-state index in [4.69, 9.17) is 9.47 Å². The predicted octanol–water partition coefficient (Wildman–Crippen LogP) is 3.14. The van der Waals surface area contributed by atoms with Crippen molar-refractivity contribution in [1.29, 1.82) is 0 Å². The van der Waals surface area contributed by atoms with Gasteiger partial charge < -0.3 is 14.8 Å². The molecule has 0 atom stereocenters. The molecule has 0 aliphatic rings. The van der Waals surface area contributed by atoms with Gasteiger partial charge in [-0.1, -0.05) is 12.1 Å².